The zero-order valence-corrected chi connectivity index (χ0v) is 12.7. The van der Waals surface area contributed by atoms with Gasteiger partial charge < -0.3 is 15.0 Å². The Morgan fingerprint density at radius 3 is 2.47 bits per heavy atom. The molecule has 1 aliphatic rings. The molecule has 1 aliphatic heterocycles. The second kappa shape index (κ2) is 6.37. The average Bonchev–Trinajstić information content (AvgIpc) is 2.37. The van der Waals surface area contributed by atoms with E-state index in [4.69, 9.17) is 4.74 Å². The monoisotopic (exact) mass is 270 g/mol. The highest BCUT2D eigenvalue weighted by molar-refractivity contribution is 5.99. The Bertz CT molecular complexity index is 344. The molecule has 1 N–H and O–H groups in total. The van der Waals surface area contributed by atoms with E-state index in [0.717, 1.165) is 0 Å². The van der Waals surface area contributed by atoms with E-state index in [-0.39, 0.29) is 17.9 Å². The van der Waals surface area contributed by atoms with Crippen molar-refractivity contribution in [2.45, 2.75) is 65.1 Å². The molecule has 0 aliphatic carbocycles. The summed E-state index contributed by atoms with van der Waals surface area (Å²) in [4.78, 5) is 26.3. The maximum atomic E-state index is 12.4. The van der Waals surface area contributed by atoms with E-state index in [0.29, 0.717) is 26.0 Å². The third-order valence-electron chi connectivity index (χ3n) is 3.82. The molecule has 0 aromatic carbocycles. The molecule has 2 unspecified atom stereocenters. The molecule has 1 saturated heterocycles. The van der Waals surface area contributed by atoms with Crippen LogP contribution in [0.25, 0.3) is 0 Å². The molecule has 0 aromatic heterocycles. The number of hydrogen-bond donors (Lipinski definition) is 1. The quantitative estimate of drug-likeness (QED) is 0.792. The third-order valence-corrected chi connectivity index (χ3v) is 3.82. The number of nitrogens with zero attached hydrogens (tertiary/aromatic N) is 1. The number of ether oxygens (including phenoxy) is 1. The number of hydrogen-bond acceptors (Lipinski definition) is 3. The predicted octanol–water partition coefficient (Wildman–Crippen LogP) is 1.32. The van der Waals surface area contributed by atoms with Gasteiger partial charge in [0.2, 0.25) is 11.8 Å². The number of carbonyl (C=O) groups excluding carboxylic acids is 2. The lowest BCUT2D eigenvalue weighted by molar-refractivity contribution is -0.158. The number of piperazine rings is 1. The van der Waals surface area contributed by atoms with Crippen molar-refractivity contribution in [3.8, 4) is 0 Å². The Morgan fingerprint density at radius 1 is 1.37 bits per heavy atom. The molecule has 0 bridgehead atoms. The molecule has 1 rings (SSSR count). The van der Waals surface area contributed by atoms with Gasteiger partial charge in [-0.25, -0.2) is 0 Å². The highest BCUT2D eigenvalue weighted by Gasteiger charge is 2.47. The van der Waals surface area contributed by atoms with E-state index in [1.165, 1.54) is 0 Å². The van der Waals surface area contributed by atoms with E-state index in [2.05, 4.69) is 5.32 Å². The second-order valence-electron chi connectivity index (χ2n) is 5.47. The van der Waals surface area contributed by atoms with Crippen molar-refractivity contribution in [3.05, 3.63) is 0 Å². The van der Waals surface area contributed by atoms with Crippen LogP contribution in [0.15, 0.2) is 0 Å². The summed E-state index contributed by atoms with van der Waals surface area (Å²) in [7, 11) is 0. The summed E-state index contributed by atoms with van der Waals surface area (Å²) < 4.78 is 5.51. The molecule has 5 heteroatoms. The van der Waals surface area contributed by atoms with Crippen molar-refractivity contribution in [3.63, 3.8) is 0 Å². The van der Waals surface area contributed by atoms with Gasteiger partial charge in [0.15, 0.2) is 0 Å². The van der Waals surface area contributed by atoms with Crippen LogP contribution in [0.1, 0.15) is 47.5 Å². The molecule has 0 radical (unpaired) electrons. The molecule has 19 heavy (non-hydrogen) atoms. The SMILES string of the molecule is CCC1NC(=O)C(C)(CC)N(CCOC(C)C)C1=O. The van der Waals surface area contributed by atoms with Crippen molar-refractivity contribution in [1.29, 1.82) is 0 Å². The van der Waals surface area contributed by atoms with Gasteiger partial charge in [-0.2, -0.15) is 0 Å². The zero-order valence-electron chi connectivity index (χ0n) is 12.7. The summed E-state index contributed by atoms with van der Waals surface area (Å²) in [6.07, 6.45) is 1.35. The minimum atomic E-state index is -0.761. The molecule has 1 fully saturated rings. The Balaban J connectivity index is 2.84. The van der Waals surface area contributed by atoms with Gasteiger partial charge in [-0.05, 0) is 33.6 Å². The number of rotatable bonds is 6. The van der Waals surface area contributed by atoms with Crippen molar-refractivity contribution < 1.29 is 14.3 Å². The van der Waals surface area contributed by atoms with Crippen LogP contribution in [0.4, 0.5) is 0 Å². The number of amides is 2. The molecular formula is C14H26N2O3. The highest BCUT2D eigenvalue weighted by Crippen LogP contribution is 2.25. The van der Waals surface area contributed by atoms with E-state index in [1.807, 2.05) is 34.6 Å². The Hall–Kier alpha value is -1.10. The molecule has 0 spiro atoms. The Labute approximate surface area is 115 Å². The van der Waals surface area contributed by atoms with Gasteiger partial charge in [0.25, 0.3) is 0 Å². The summed E-state index contributed by atoms with van der Waals surface area (Å²) in [5.74, 6) is -0.0650. The predicted molar refractivity (Wildman–Crippen MR) is 73.7 cm³/mol. The van der Waals surface area contributed by atoms with Gasteiger partial charge in [0.05, 0.1) is 12.7 Å². The van der Waals surface area contributed by atoms with Crippen molar-refractivity contribution in [2.24, 2.45) is 0 Å². The topological polar surface area (TPSA) is 58.6 Å². The molecule has 2 atom stereocenters. The van der Waals surface area contributed by atoms with E-state index in [9.17, 15) is 9.59 Å². The largest absolute Gasteiger partial charge is 0.377 e. The lowest BCUT2D eigenvalue weighted by atomic mass is 9.90. The fraction of sp³-hybridized carbons (Fsp3) is 0.857. The highest BCUT2D eigenvalue weighted by atomic mass is 16.5. The first-order valence-electron chi connectivity index (χ1n) is 7.10. The average molecular weight is 270 g/mol. The van der Waals surface area contributed by atoms with Gasteiger partial charge in [0.1, 0.15) is 11.6 Å². The summed E-state index contributed by atoms with van der Waals surface area (Å²) in [6, 6.07) is -0.397. The van der Waals surface area contributed by atoms with Crippen LogP contribution < -0.4 is 5.32 Å². The van der Waals surface area contributed by atoms with E-state index in [1.54, 1.807) is 4.90 Å². The molecular weight excluding hydrogens is 244 g/mol. The van der Waals surface area contributed by atoms with E-state index < -0.39 is 11.6 Å². The lowest BCUT2D eigenvalue weighted by Gasteiger charge is -2.45. The Kier molecular flexibility index (Phi) is 5.35. The zero-order chi connectivity index (χ0) is 14.6. The molecule has 1 heterocycles. The van der Waals surface area contributed by atoms with Crippen molar-refractivity contribution in [2.75, 3.05) is 13.2 Å². The second-order valence-corrected chi connectivity index (χ2v) is 5.47. The molecule has 110 valence electrons. The summed E-state index contributed by atoms with van der Waals surface area (Å²) >= 11 is 0. The van der Waals surface area contributed by atoms with Gasteiger partial charge in [0, 0.05) is 6.54 Å². The van der Waals surface area contributed by atoms with Crippen LogP contribution in [0, 0.1) is 0 Å². The molecule has 0 saturated carbocycles. The third kappa shape index (κ3) is 3.26. The Morgan fingerprint density at radius 2 is 2.00 bits per heavy atom. The first kappa shape index (κ1) is 16.0. The molecule has 5 nitrogen and oxygen atoms in total. The smallest absolute Gasteiger partial charge is 0.246 e. The number of nitrogens with one attached hydrogen (secondary N) is 1. The molecule has 0 aromatic rings. The van der Waals surface area contributed by atoms with Crippen LogP contribution in [-0.4, -0.2) is 47.6 Å². The fourth-order valence-corrected chi connectivity index (χ4v) is 2.29. The summed E-state index contributed by atoms with van der Waals surface area (Å²) in [5, 5.41) is 2.82. The first-order chi connectivity index (χ1) is 8.86. The van der Waals surface area contributed by atoms with Crippen LogP contribution >= 0.6 is 0 Å². The van der Waals surface area contributed by atoms with E-state index >= 15 is 0 Å². The van der Waals surface area contributed by atoms with Crippen molar-refractivity contribution >= 4 is 11.8 Å². The first-order valence-corrected chi connectivity index (χ1v) is 7.10. The van der Waals surface area contributed by atoms with Gasteiger partial charge in [-0.1, -0.05) is 13.8 Å². The minimum absolute atomic E-state index is 0.00111. The normalized spacial score (nSPS) is 27.9. The van der Waals surface area contributed by atoms with Crippen LogP contribution in [-0.2, 0) is 14.3 Å². The van der Waals surface area contributed by atoms with Crippen LogP contribution in [0.3, 0.4) is 0 Å². The van der Waals surface area contributed by atoms with Gasteiger partial charge >= 0.3 is 0 Å². The minimum Gasteiger partial charge on any atom is -0.377 e. The van der Waals surface area contributed by atoms with Crippen LogP contribution in [0.5, 0.6) is 0 Å². The van der Waals surface area contributed by atoms with Crippen molar-refractivity contribution in [1.82, 2.24) is 10.2 Å². The maximum absolute atomic E-state index is 12.4. The van der Waals surface area contributed by atoms with Crippen LogP contribution in [0.2, 0.25) is 0 Å². The lowest BCUT2D eigenvalue weighted by Crippen LogP contribution is -2.69. The van der Waals surface area contributed by atoms with Gasteiger partial charge in [-0.3, -0.25) is 9.59 Å². The standard InChI is InChI=1S/C14H26N2O3/c1-6-11-12(17)16(8-9-19-10(3)4)14(5,7-2)13(18)15-11/h10-11H,6-9H2,1-5H3,(H,15,18). The fourth-order valence-electron chi connectivity index (χ4n) is 2.29. The summed E-state index contributed by atoms with van der Waals surface area (Å²) in [5.41, 5.74) is -0.761. The molecule has 2 amide bonds. The number of carbonyl (C=O) groups is 2. The summed E-state index contributed by atoms with van der Waals surface area (Å²) in [6.45, 7) is 10.5. The van der Waals surface area contributed by atoms with Gasteiger partial charge in [-0.15, -0.1) is 0 Å². The maximum Gasteiger partial charge on any atom is 0.246 e.